The van der Waals surface area contributed by atoms with E-state index in [-0.39, 0.29) is 22.5 Å². The number of sulfonamides is 1. The second-order valence-corrected chi connectivity index (χ2v) is 8.57. The summed E-state index contributed by atoms with van der Waals surface area (Å²) in [7, 11) is -4.41. The molecule has 0 saturated carbocycles. The highest BCUT2D eigenvalue weighted by atomic mass is 32.2. The van der Waals surface area contributed by atoms with Gasteiger partial charge in [0, 0.05) is 6.07 Å². The standard InChI is InChI=1S/C21H15F3N4O6S/c22-21(23,24)14-5-3-4-13(10-14)12-25-26-18-9-8-15(11-19(18)28(31)32)35(33,34)27-17-7-2-1-6-16(17)20(29)30/h1-12,26-27H,(H,29,30). The minimum Gasteiger partial charge on any atom is -0.478 e. The Bertz CT molecular complexity index is 1420. The Morgan fingerprint density at radius 1 is 1.03 bits per heavy atom. The first kappa shape index (κ1) is 25.2. The van der Waals surface area contributed by atoms with Gasteiger partial charge in [0.05, 0.1) is 32.8 Å². The summed E-state index contributed by atoms with van der Waals surface area (Å²) >= 11 is 0. The van der Waals surface area contributed by atoms with E-state index >= 15 is 0 Å². The molecule has 0 heterocycles. The Hall–Kier alpha value is -4.46. The van der Waals surface area contributed by atoms with Crippen LogP contribution in [0.3, 0.4) is 0 Å². The Balaban J connectivity index is 1.86. The molecule has 0 aliphatic rings. The molecular weight excluding hydrogens is 493 g/mol. The van der Waals surface area contributed by atoms with Crippen molar-refractivity contribution in [3.05, 3.63) is 93.5 Å². The summed E-state index contributed by atoms with van der Waals surface area (Å²) in [5, 5.41) is 24.4. The van der Waals surface area contributed by atoms with Gasteiger partial charge in [-0.2, -0.15) is 18.3 Å². The zero-order valence-corrected chi connectivity index (χ0v) is 18.2. The van der Waals surface area contributed by atoms with Gasteiger partial charge in [0.1, 0.15) is 5.69 Å². The topological polar surface area (TPSA) is 151 Å². The summed E-state index contributed by atoms with van der Waals surface area (Å²) in [6, 6.07) is 12.2. The van der Waals surface area contributed by atoms with Gasteiger partial charge in [-0.15, -0.1) is 0 Å². The van der Waals surface area contributed by atoms with E-state index in [2.05, 4.69) is 15.2 Å². The van der Waals surface area contributed by atoms with E-state index in [1.807, 2.05) is 0 Å². The Morgan fingerprint density at radius 3 is 2.40 bits per heavy atom. The predicted molar refractivity (Wildman–Crippen MR) is 120 cm³/mol. The number of nitrogens with zero attached hydrogens (tertiary/aromatic N) is 2. The predicted octanol–water partition coefficient (Wildman–Crippen LogP) is 4.56. The van der Waals surface area contributed by atoms with Gasteiger partial charge >= 0.3 is 12.1 Å². The van der Waals surface area contributed by atoms with Crippen LogP contribution in [0.2, 0.25) is 0 Å². The Morgan fingerprint density at radius 2 is 1.74 bits per heavy atom. The van der Waals surface area contributed by atoms with Crippen LogP contribution >= 0.6 is 0 Å². The Kier molecular flexibility index (Phi) is 7.05. The maximum atomic E-state index is 12.8. The number of anilines is 2. The van der Waals surface area contributed by atoms with Crippen LogP contribution in [0.25, 0.3) is 0 Å². The van der Waals surface area contributed by atoms with E-state index in [9.17, 15) is 41.6 Å². The number of nitrogens with one attached hydrogen (secondary N) is 2. The lowest BCUT2D eigenvalue weighted by molar-refractivity contribution is -0.384. The zero-order valence-electron chi connectivity index (χ0n) is 17.4. The van der Waals surface area contributed by atoms with Crippen LogP contribution in [0.1, 0.15) is 21.5 Å². The second-order valence-electron chi connectivity index (χ2n) is 6.89. The van der Waals surface area contributed by atoms with Crippen molar-refractivity contribution >= 4 is 39.3 Å². The third kappa shape index (κ3) is 6.11. The SMILES string of the molecule is O=C(O)c1ccccc1NS(=O)(=O)c1ccc(NN=Cc2cccc(C(F)(F)F)c2)c([N+](=O)[O-])c1. The molecule has 35 heavy (non-hydrogen) atoms. The number of hydrazone groups is 1. The molecule has 3 N–H and O–H groups in total. The number of aromatic carboxylic acids is 1. The van der Waals surface area contributed by atoms with Gasteiger partial charge in [-0.3, -0.25) is 20.3 Å². The fourth-order valence-corrected chi connectivity index (χ4v) is 3.96. The van der Waals surface area contributed by atoms with Crippen molar-refractivity contribution in [2.24, 2.45) is 5.10 Å². The molecule has 14 heteroatoms. The number of nitro groups is 1. The number of alkyl halides is 3. The molecule has 0 aliphatic carbocycles. The van der Waals surface area contributed by atoms with Crippen LogP contribution in [0.4, 0.5) is 30.2 Å². The van der Waals surface area contributed by atoms with Crippen LogP contribution < -0.4 is 10.1 Å². The van der Waals surface area contributed by atoms with Gasteiger partial charge in [-0.05, 0) is 42.0 Å². The van der Waals surface area contributed by atoms with E-state index in [0.29, 0.717) is 0 Å². The highest BCUT2D eigenvalue weighted by molar-refractivity contribution is 7.92. The van der Waals surface area contributed by atoms with Crippen LogP contribution in [0.5, 0.6) is 0 Å². The lowest BCUT2D eigenvalue weighted by atomic mass is 10.1. The molecular formula is C21H15F3N4O6S. The summed E-state index contributed by atoms with van der Waals surface area (Å²) < 4.78 is 65.9. The Labute approximate surface area is 195 Å². The molecule has 0 amide bonds. The first-order valence-corrected chi connectivity index (χ1v) is 11.0. The maximum Gasteiger partial charge on any atom is 0.416 e. The smallest absolute Gasteiger partial charge is 0.416 e. The van der Waals surface area contributed by atoms with Crippen molar-refractivity contribution in [1.29, 1.82) is 0 Å². The zero-order chi connectivity index (χ0) is 25.8. The van der Waals surface area contributed by atoms with Crippen molar-refractivity contribution in [3.63, 3.8) is 0 Å². The number of hydrogen-bond acceptors (Lipinski definition) is 7. The summed E-state index contributed by atoms with van der Waals surface area (Å²) in [4.78, 5) is 21.4. The largest absolute Gasteiger partial charge is 0.478 e. The van der Waals surface area contributed by atoms with E-state index in [1.54, 1.807) is 0 Å². The number of carboxylic acids is 1. The molecule has 0 aliphatic heterocycles. The average Bonchev–Trinajstić information content (AvgIpc) is 2.78. The highest BCUT2D eigenvalue weighted by Gasteiger charge is 2.30. The molecule has 0 bridgehead atoms. The van der Waals surface area contributed by atoms with E-state index in [4.69, 9.17) is 0 Å². The molecule has 0 spiro atoms. The number of halogens is 3. The summed E-state index contributed by atoms with van der Waals surface area (Å²) in [5.41, 5.74) is -0.0247. The van der Waals surface area contributed by atoms with Crippen molar-refractivity contribution < 1.29 is 36.4 Å². The third-order valence-corrected chi connectivity index (χ3v) is 5.85. The monoisotopic (exact) mass is 508 g/mol. The van der Waals surface area contributed by atoms with Gasteiger partial charge in [-0.1, -0.05) is 24.3 Å². The lowest BCUT2D eigenvalue weighted by Gasteiger charge is -2.11. The molecule has 3 aromatic carbocycles. The van der Waals surface area contributed by atoms with Crippen molar-refractivity contribution in [2.75, 3.05) is 10.1 Å². The summed E-state index contributed by atoms with van der Waals surface area (Å²) in [6.45, 7) is 0. The van der Waals surface area contributed by atoms with Gasteiger partial charge in [-0.25, -0.2) is 13.2 Å². The van der Waals surface area contributed by atoms with E-state index < -0.39 is 43.2 Å². The van der Waals surface area contributed by atoms with Gasteiger partial charge in [0.15, 0.2) is 0 Å². The minimum absolute atomic E-state index is 0.0653. The molecule has 3 aromatic rings. The fraction of sp³-hybridized carbons (Fsp3) is 0.0476. The third-order valence-electron chi connectivity index (χ3n) is 4.49. The van der Waals surface area contributed by atoms with E-state index in [1.165, 1.54) is 36.4 Å². The number of hydrogen-bond donors (Lipinski definition) is 3. The molecule has 182 valence electrons. The van der Waals surface area contributed by atoms with Crippen LogP contribution in [0, 0.1) is 10.1 Å². The normalized spacial score (nSPS) is 11.9. The first-order valence-electron chi connectivity index (χ1n) is 9.48. The number of nitro benzene ring substituents is 1. The minimum atomic E-state index is -4.56. The van der Waals surface area contributed by atoms with Gasteiger partial charge < -0.3 is 5.11 Å². The fourth-order valence-electron chi connectivity index (χ4n) is 2.86. The number of benzene rings is 3. The van der Waals surface area contributed by atoms with E-state index in [0.717, 1.165) is 36.5 Å². The van der Waals surface area contributed by atoms with Gasteiger partial charge in [0.2, 0.25) is 0 Å². The number of carbonyl (C=O) groups is 1. The second kappa shape index (κ2) is 9.80. The molecule has 0 saturated heterocycles. The molecule has 0 unspecified atom stereocenters. The number of rotatable bonds is 8. The van der Waals surface area contributed by atoms with Gasteiger partial charge in [0.25, 0.3) is 15.7 Å². The molecule has 10 nitrogen and oxygen atoms in total. The molecule has 0 aromatic heterocycles. The van der Waals surface area contributed by atoms with Crippen LogP contribution in [0.15, 0.2) is 76.7 Å². The van der Waals surface area contributed by atoms with Crippen molar-refractivity contribution in [2.45, 2.75) is 11.1 Å². The molecule has 0 radical (unpaired) electrons. The maximum absolute atomic E-state index is 12.8. The summed E-state index contributed by atoms with van der Waals surface area (Å²) in [5.74, 6) is -1.38. The summed E-state index contributed by atoms with van der Waals surface area (Å²) in [6.07, 6.45) is -3.55. The highest BCUT2D eigenvalue weighted by Crippen LogP contribution is 2.30. The molecule has 3 rings (SSSR count). The first-order chi connectivity index (χ1) is 16.4. The number of para-hydroxylation sites is 1. The molecule has 0 atom stereocenters. The van der Waals surface area contributed by atoms with Crippen LogP contribution in [-0.4, -0.2) is 30.6 Å². The lowest BCUT2D eigenvalue weighted by Crippen LogP contribution is -2.16. The molecule has 0 fully saturated rings. The number of carboxylic acid groups (broad SMARTS) is 1. The van der Waals surface area contributed by atoms with Crippen molar-refractivity contribution in [3.8, 4) is 0 Å². The van der Waals surface area contributed by atoms with Crippen LogP contribution in [-0.2, 0) is 16.2 Å². The average molecular weight is 508 g/mol. The van der Waals surface area contributed by atoms with Crippen molar-refractivity contribution in [1.82, 2.24) is 0 Å². The quantitative estimate of drug-likeness (QED) is 0.229.